The molecule has 0 aliphatic carbocycles. The van der Waals surface area contributed by atoms with Crippen molar-refractivity contribution in [3.8, 4) is 5.75 Å². The van der Waals surface area contributed by atoms with Crippen molar-refractivity contribution in [3.63, 3.8) is 0 Å². The van der Waals surface area contributed by atoms with Gasteiger partial charge in [-0.15, -0.1) is 0 Å². The Labute approximate surface area is 172 Å². The maximum absolute atomic E-state index is 12.9. The van der Waals surface area contributed by atoms with Crippen molar-refractivity contribution in [1.29, 1.82) is 0 Å². The Bertz CT molecular complexity index is 872. The first-order valence-electron chi connectivity index (χ1n) is 10.5. The highest BCUT2D eigenvalue weighted by molar-refractivity contribution is 5.95. The van der Waals surface area contributed by atoms with E-state index in [2.05, 4.69) is 0 Å². The summed E-state index contributed by atoms with van der Waals surface area (Å²) in [5, 5.41) is 0. The zero-order chi connectivity index (χ0) is 20.2. The Balaban J connectivity index is 1.35. The highest BCUT2D eigenvalue weighted by Gasteiger charge is 2.30. The zero-order valence-electron chi connectivity index (χ0n) is 17.0. The van der Waals surface area contributed by atoms with Gasteiger partial charge in [0, 0.05) is 30.8 Å². The molecule has 5 heteroatoms. The molecule has 0 saturated carbocycles. The van der Waals surface area contributed by atoms with Crippen molar-refractivity contribution >= 4 is 11.8 Å². The van der Waals surface area contributed by atoms with Gasteiger partial charge in [-0.25, -0.2) is 0 Å². The van der Waals surface area contributed by atoms with E-state index in [9.17, 15) is 9.59 Å². The van der Waals surface area contributed by atoms with E-state index in [-0.39, 0.29) is 17.9 Å². The summed E-state index contributed by atoms with van der Waals surface area (Å²) in [7, 11) is 0. The van der Waals surface area contributed by atoms with Gasteiger partial charge < -0.3 is 14.5 Å². The summed E-state index contributed by atoms with van der Waals surface area (Å²) in [6.45, 7) is 4.94. The molecule has 2 fully saturated rings. The van der Waals surface area contributed by atoms with E-state index in [0.717, 1.165) is 62.2 Å². The first-order valence-corrected chi connectivity index (χ1v) is 10.5. The zero-order valence-corrected chi connectivity index (χ0v) is 17.0. The summed E-state index contributed by atoms with van der Waals surface area (Å²) < 4.78 is 5.97. The van der Waals surface area contributed by atoms with Crippen LogP contribution in [0.5, 0.6) is 5.75 Å². The monoisotopic (exact) mass is 392 g/mol. The predicted molar refractivity (Wildman–Crippen MR) is 112 cm³/mol. The third-order valence-corrected chi connectivity index (χ3v) is 5.84. The number of amides is 2. The lowest BCUT2D eigenvalue weighted by Gasteiger charge is -2.25. The molecule has 2 heterocycles. The van der Waals surface area contributed by atoms with Crippen LogP contribution in [-0.2, 0) is 0 Å². The minimum absolute atomic E-state index is 0.0753. The van der Waals surface area contributed by atoms with Crippen LogP contribution >= 0.6 is 0 Å². The Hall–Kier alpha value is -2.82. The summed E-state index contributed by atoms with van der Waals surface area (Å²) in [4.78, 5) is 29.2. The van der Waals surface area contributed by atoms with Crippen LogP contribution in [0, 0.1) is 6.92 Å². The molecule has 29 heavy (non-hydrogen) atoms. The van der Waals surface area contributed by atoms with Crippen molar-refractivity contribution in [3.05, 3.63) is 65.2 Å². The number of likely N-dealkylation sites (tertiary alicyclic amines) is 2. The van der Waals surface area contributed by atoms with Crippen LogP contribution in [-0.4, -0.2) is 53.9 Å². The van der Waals surface area contributed by atoms with Crippen LogP contribution in [0.2, 0.25) is 0 Å². The second kappa shape index (κ2) is 8.68. The number of hydrogen-bond donors (Lipinski definition) is 0. The third-order valence-electron chi connectivity index (χ3n) is 5.84. The van der Waals surface area contributed by atoms with Gasteiger partial charge in [-0.1, -0.05) is 17.7 Å². The summed E-state index contributed by atoms with van der Waals surface area (Å²) in [5.41, 5.74) is 2.53. The van der Waals surface area contributed by atoms with Crippen LogP contribution in [0.4, 0.5) is 0 Å². The summed E-state index contributed by atoms with van der Waals surface area (Å²) in [5.74, 6) is 0.906. The molecule has 2 aliphatic rings. The van der Waals surface area contributed by atoms with Gasteiger partial charge in [0.25, 0.3) is 11.8 Å². The summed E-state index contributed by atoms with van der Waals surface area (Å²) in [6, 6.07) is 15.2. The van der Waals surface area contributed by atoms with Crippen LogP contribution in [0.15, 0.2) is 48.5 Å². The van der Waals surface area contributed by atoms with E-state index >= 15 is 0 Å². The van der Waals surface area contributed by atoms with Gasteiger partial charge in [-0.05, 0) is 69.0 Å². The van der Waals surface area contributed by atoms with Gasteiger partial charge in [0.05, 0.1) is 6.04 Å². The average molecular weight is 392 g/mol. The van der Waals surface area contributed by atoms with E-state index < -0.39 is 0 Å². The highest BCUT2D eigenvalue weighted by Crippen LogP contribution is 2.23. The third kappa shape index (κ3) is 4.44. The predicted octanol–water partition coefficient (Wildman–Crippen LogP) is 3.91. The van der Waals surface area contributed by atoms with E-state index in [4.69, 9.17) is 4.74 Å². The number of rotatable bonds is 5. The van der Waals surface area contributed by atoms with Gasteiger partial charge in [-0.3, -0.25) is 9.59 Å². The lowest BCUT2D eigenvalue weighted by Crippen LogP contribution is -2.39. The number of carbonyl (C=O) groups is 2. The fourth-order valence-corrected chi connectivity index (χ4v) is 4.21. The maximum Gasteiger partial charge on any atom is 0.254 e. The van der Waals surface area contributed by atoms with Crippen LogP contribution in [0.1, 0.15) is 52.0 Å². The van der Waals surface area contributed by atoms with Gasteiger partial charge in [-0.2, -0.15) is 0 Å². The Morgan fingerprint density at radius 2 is 1.69 bits per heavy atom. The molecule has 1 atom stereocenters. The number of ether oxygens (including phenoxy) is 1. The first kappa shape index (κ1) is 19.5. The Morgan fingerprint density at radius 3 is 2.41 bits per heavy atom. The van der Waals surface area contributed by atoms with E-state index in [1.165, 1.54) is 0 Å². The van der Waals surface area contributed by atoms with E-state index in [1.54, 1.807) is 0 Å². The van der Waals surface area contributed by atoms with E-state index in [0.29, 0.717) is 12.2 Å². The fraction of sp³-hybridized carbons (Fsp3) is 0.417. The van der Waals surface area contributed by atoms with Crippen molar-refractivity contribution in [2.24, 2.45) is 0 Å². The number of hydrogen-bond acceptors (Lipinski definition) is 3. The van der Waals surface area contributed by atoms with Crippen LogP contribution < -0.4 is 4.74 Å². The smallest absolute Gasteiger partial charge is 0.254 e. The number of benzene rings is 2. The SMILES string of the molecule is Cc1cccc(C(=O)N2CCC[C@@H]2COc2ccc(C(=O)N3CCCC3)cc2)c1. The highest BCUT2D eigenvalue weighted by atomic mass is 16.5. The normalized spacial score (nSPS) is 18.9. The lowest BCUT2D eigenvalue weighted by molar-refractivity contribution is 0.0690. The molecular formula is C24H28N2O3. The number of nitrogens with zero attached hydrogens (tertiary/aromatic N) is 2. The molecule has 2 amide bonds. The van der Waals surface area contributed by atoms with Crippen LogP contribution in [0.25, 0.3) is 0 Å². The Morgan fingerprint density at radius 1 is 0.931 bits per heavy atom. The van der Waals surface area contributed by atoms with Crippen molar-refractivity contribution < 1.29 is 14.3 Å². The van der Waals surface area contributed by atoms with Gasteiger partial charge >= 0.3 is 0 Å². The molecular weight excluding hydrogens is 364 g/mol. The molecule has 0 N–H and O–H groups in total. The average Bonchev–Trinajstić information content (AvgIpc) is 3.44. The topological polar surface area (TPSA) is 49.9 Å². The second-order valence-corrected chi connectivity index (χ2v) is 8.00. The quantitative estimate of drug-likeness (QED) is 0.775. The van der Waals surface area contributed by atoms with Crippen LogP contribution in [0.3, 0.4) is 0 Å². The molecule has 2 saturated heterocycles. The molecule has 152 valence electrons. The van der Waals surface area contributed by atoms with Gasteiger partial charge in [0.1, 0.15) is 12.4 Å². The summed E-state index contributed by atoms with van der Waals surface area (Å²) in [6.07, 6.45) is 4.12. The maximum atomic E-state index is 12.9. The minimum atomic E-state index is 0.0753. The molecule has 2 aromatic rings. The molecule has 0 unspecified atom stereocenters. The molecule has 0 radical (unpaired) electrons. The Kier molecular flexibility index (Phi) is 5.84. The van der Waals surface area contributed by atoms with Gasteiger partial charge in [0.15, 0.2) is 0 Å². The second-order valence-electron chi connectivity index (χ2n) is 8.00. The lowest BCUT2D eigenvalue weighted by atomic mass is 10.1. The van der Waals surface area contributed by atoms with Crippen molar-refractivity contribution in [2.45, 2.75) is 38.6 Å². The molecule has 2 aromatic carbocycles. The molecule has 0 spiro atoms. The number of aryl methyl sites for hydroxylation is 1. The fourth-order valence-electron chi connectivity index (χ4n) is 4.21. The number of carbonyl (C=O) groups excluding carboxylic acids is 2. The molecule has 4 rings (SSSR count). The largest absolute Gasteiger partial charge is 0.491 e. The summed E-state index contributed by atoms with van der Waals surface area (Å²) >= 11 is 0. The minimum Gasteiger partial charge on any atom is -0.491 e. The van der Waals surface area contributed by atoms with Crippen molar-refractivity contribution in [1.82, 2.24) is 9.80 Å². The molecule has 2 aliphatic heterocycles. The first-order chi connectivity index (χ1) is 14.1. The molecule has 5 nitrogen and oxygen atoms in total. The molecule has 0 bridgehead atoms. The van der Waals surface area contributed by atoms with E-state index in [1.807, 2.05) is 65.3 Å². The molecule has 0 aromatic heterocycles. The van der Waals surface area contributed by atoms with Crippen molar-refractivity contribution in [2.75, 3.05) is 26.2 Å². The van der Waals surface area contributed by atoms with Gasteiger partial charge in [0.2, 0.25) is 0 Å². The standard InChI is InChI=1S/C24H28N2O3/c1-18-6-4-7-20(16-18)24(28)26-15-5-8-21(26)17-29-22-11-9-19(10-12-22)23(27)25-13-2-3-14-25/h4,6-7,9-12,16,21H,2-3,5,8,13-15,17H2,1H3/t21-/m1/s1.